The number of nitrogens with one attached hydrogen (secondary N) is 1. The van der Waals surface area contributed by atoms with Crippen molar-refractivity contribution in [3.05, 3.63) is 44.3 Å². The molecule has 0 aliphatic rings. The maximum atomic E-state index is 5.85. The van der Waals surface area contributed by atoms with Crippen molar-refractivity contribution >= 4 is 40.2 Å². The van der Waals surface area contributed by atoms with Crippen LogP contribution in [0.5, 0.6) is 0 Å². The van der Waals surface area contributed by atoms with Crippen molar-refractivity contribution in [2.24, 2.45) is 0 Å². The van der Waals surface area contributed by atoms with Crippen molar-refractivity contribution in [3.8, 4) is 0 Å². The van der Waals surface area contributed by atoms with E-state index in [1.54, 1.807) is 17.5 Å². The number of aryl methyl sites for hydroxylation is 1. The molecule has 2 heterocycles. The molecule has 2 nitrogen and oxygen atoms in total. The van der Waals surface area contributed by atoms with Crippen molar-refractivity contribution < 1.29 is 0 Å². The molecule has 16 heavy (non-hydrogen) atoms. The number of aromatic nitrogens is 1. The Hall–Kier alpha value is -0.770. The number of anilines is 1. The largest absolute Gasteiger partial charge is 0.379 e. The average Bonchev–Trinajstić information content (AvgIpc) is 2.66. The maximum absolute atomic E-state index is 5.85. The Balaban J connectivity index is 2.02. The van der Waals surface area contributed by atoms with Crippen LogP contribution in [0, 0.1) is 6.92 Å². The molecule has 0 saturated carbocycles. The highest BCUT2D eigenvalue weighted by Gasteiger charge is 2.00. The molecule has 0 fully saturated rings. The summed E-state index contributed by atoms with van der Waals surface area (Å²) in [6, 6.07) is 5.88. The zero-order valence-corrected chi connectivity index (χ0v) is 11.0. The first kappa shape index (κ1) is 11.7. The van der Waals surface area contributed by atoms with Gasteiger partial charge >= 0.3 is 0 Å². The quantitative estimate of drug-likeness (QED) is 0.840. The van der Waals surface area contributed by atoms with Gasteiger partial charge in [-0.25, -0.2) is 4.98 Å². The normalized spacial score (nSPS) is 10.4. The summed E-state index contributed by atoms with van der Waals surface area (Å²) >= 11 is 13.3. The first-order valence-electron chi connectivity index (χ1n) is 4.75. The van der Waals surface area contributed by atoms with Gasteiger partial charge in [-0.2, -0.15) is 0 Å². The van der Waals surface area contributed by atoms with Crippen molar-refractivity contribution in [1.82, 2.24) is 4.98 Å². The molecule has 2 aromatic heterocycles. The van der Waals surface area contributed by atoms with Gasteiger partial charge in [0.15, 0.2) is 0 Å². The summed E-state index contributed by atoms with van der Waals surface area (Å²) in [5, 5.41) is 3.82. The van der Waals surface area contributed by atoms with E-state index in [0.29, 0.717) is 5.15 Å². The monoisotopic (exact) mass is 272 g/mol. The molecule has 0 aliphatic heterocycles. The molecule has 0 amide bonds. The second kappa shape index (κ2) is 5.04. The highest BCUT2D eigenvalue weighted by Crippen LogP contribution is 2.23. The van der Waals surface area contributed by atoms with Gasteiger partial charge in [-0.1, -0.05) is 23.2 Å². The molecule has 2 aromatic rings. The lowest BCUT2D eigenvalue weighted by molar-refractivity contribution is 1.16. The van der Waals surface area contributed by atoms with Gasteiger partial charge in [0.25, 0.3) is 0 Å². The number of hydrogen-bond donors (Lipinski definition) is 1. The molecule has 5 heteroatoms. The molecule has 1 N–H and O–H groups in total. The van der Waals surface area contributed by atoms with Crippen LogP contribution < -0.4 is 5.32 Å². The Labute approximate surface area is 108 Å². The third kappa shape index (κ3) is 2.88. The molecule has 0 spiro atoms. The summed E-state index contributed by atoms with van der Waals surface area (Å²) in [4.78, 5) is 5.27. The van der Waals surface area contributed by atoms with Gasteiger partial charge in [0.2, 0.25) is 0 Å². The van der Waals surface area contributed by atoms with Gasteiger partial charge < -0.3 is 5.32 Å². The zero-order valence-electron chi connectivity index (χ0n) is 8.63. The molecular weight excluding hydrogens is 263 g/mol. The molecule has 0 aliphatic carbocycles. The summed E-state index contributed by atoms with van der Waals surface area (Å²) in [6.45, 7) is 2.68. The van der Waals surface area contributed by atoms with Crippen molar-refractivity contribution in [2.45, 2.75) is 13.5 Å². The number of thiophene rings is 1. The molecule has 0 aromatic carbocycles. The van der Waals surface area contributed by atoms with Gasteiger partial charge in [-0.15, -0.1) is 11.3 Å². The highest BCUT2D eigenvalue weighted by molar-refractivity contribution is 7.16. The van der Waals surface area contributed by atoms with E-state index in [0.717, 1.165) is 22.1 Å². The third-order valence-corrected chi connectivity index (χ3v) is 3.74. The van der Waals surface area contributed by atoms with E-state index in [1.807, 2.05) is 25.1 Å². The van der Waals surface area contributed by atoms with Crippen LogP contribution in [-0.2, 0) is 6.54 Å². The Morgan fingerprint density at radius 3 is 2.81 bits per heavy atom. The van der Waals surface area contributed by atoms with Crippen molar-refractivity contribution in [1.29, 1.82) is 0 Å². The minimum atomic E-state index is 0.546. The van der Waals surface area contributed by atoms with Gasteiger partial charge in [0, 0.05) is 11.4 Å². The molecule has 0 unspecified atom stereocenters. The van der Waals surface area contributed by atoms with E-state index in [-0.39, 0.29) is 0 Å². The van der Waals surface area contributed by atoms with E-state index in [1.165, 1.54) is 4.88 Å². The molecule has 0 atom stereocenters. The van der Waals surface area contributed by atoms with Crippen LogP contribution in [0.15, 0.2) is 24.4 Å². The Kier molecular flexibility index (Phi) is 3.69. The lowest BCUT2D eigenvalue weighted by atomic mass is 10.3. The first-order chi connectivity index (χ1) is 7.65. The fourth-order valence-electron chi connectivity index (χ4n) is 1.29. The van der Waals surface area contributed by atoms with Gasteiger partial charge in [-0.05, 0) is 30.7 Å². The predicted molar refractivity (Wildman–Crippen MR) is 70.6 cm³/mol. The van der Waals surface area contributed by atoms with E-state index in [9.17, 15) is 0 Å². The summed E-state index contributed by atoms with van der Waals surface area (Å²) in [6.07, 6.45) is 1.73. The summed E-state index contributed by atoms with van der Waals surface area (Å²) < 4.78 is 0.808. The summed E-state index contributed by atoms with van der Waals surface area (Å²) in [7, 11) is 0. The van der Waals surface area contributed by atoms with Crippen LogP contribution >= 0.6 is 34.5 Å². The summed E-state index contributed by atoms with van der Waals surface area (Å²) in [5.74, 6) is 0. The lowest BCUT2D eigenvalue weighted by Gasteiger charge is -2.05. The van der Waals surface area contributed by atoms with E-state index in [2.05, 4.69) is 10.3 Å². The number of rotatable bonds is 3. The number of hydrogen-bond acceptors (Lipinski definition) is 3. The van der Waals surface area contributed by atoms with Crippen molar-refractivity contribution in [3.63, 3.8) is 0 Å². The van der Waals surface area contributed by atoms with Gasteiger partial charge in [0.1, 0.15) is 5.15 Å². The smallest absolute Gasteiger partial charge is 0.132 e. The van der Waals surface area contributed by atoms with E-state index >= 15 is 0 Å². The second-order valence-corrected chi connectivity index (χ2v) is 5.55. The lowest BCUT2D eigenvalue weighted by Crippen LogP contribution is -1.98. The molecule has 84 valence electrons. The van der Waals surface area contributed by atoms with Crippen LogP contribution in [-0.4, -0.2) is 4.98 Å². The van der Waals surface area contributed by atoms with Gasteiger partial charge in [0.05, 0.1) is 16.2 Å². The van der Waals surface area contributed by atoms with Crippen LogP contribution in [0.2, 0.25) is 9.49 Å². The topological polar surface area (TPSA) is 24.9 Å². The Bertz CT molecular complexity index is 496. The Morgan fingerprint density at radius 2 is 2.19 bits per heavy atom. The van der Waals surface area contributed by atoms with E-state index < -0.39 is 0 Å². The standard InChI is InChI=1S/C11H10Cl2N2S/c1-7-4-8(5-15-11(7)13)14-6-9-2-3-10(12)16-9/h2-5,14H,6H2,1H3. The van der Waals surface area contributed by atoms with E-state index in [4.69, 9.17) is 23.2 Å². The molecular formula is C11H10Cl2N2S. The van der Waals surface area contributed by atoms with Crippen LogP contribution in [0.3, 0.4) is 0 Å². The van der Waals surface area contributed by atoms with Crippen LogP contribution in [0.1, 0.15) is 10.4 Å². The van der Waals surface area contributed by atoms with Crippen LogP contribution in [0.25, 0.3) is 0 Å². The predicted octanol–water partition coefficient (Wildman–Crippen LogP) is 4.37. The molecule has 0 bridgehead atoms. The third-order valence-electron chi connectivity index (χ3n) is 2.11. The number of pyridine rings is 1. The highest BCUT2D eigenvalue weighted by atomic mass is 35.5. The fraction of sp³-hybridized carbons (Fsp3) is 0.182. The number of halogens is 2. The average molecular weight is 273 g/mol. The molecule has 2 rings (SSSR count). The summed E-state index contributed by atoms with van der Waals surface area (Å²) in [5.41, 5.74) is 1.93. The van der Waals surface area contributed by atoms with Crippen LogP contribution in [0.4, 0.5) is 5.69 Å². The van der Waals surface area contributed by atoms with Gasteiger partial charge in [-0.3, -0.25) is 0 Å². The first-order valence-corrected chi connectivity index (χ1v) is 6.32. The second-order valence-electron chi connectivity index (χ2n) is 3.39. The minimum absolute atomic E-state index is 0.546. The molecule has 0 radical (unpaired) electrons. The van der Waals surface area contributed by atoms with Crippen molar-refractivity contribution in [2.75, 3.05) is 5.32 Å². The maximum Gasteiger partial charge on any atom is 0.132 e. The fourth-order valence-corrected chi connectivity index (χ4v) is 2.42. The minimum Gasteiger partial charge on any atom is -0.379 e. The Morgan fingerprint density at radius 1 is 1.38 bits per heavy atom. The SMILES string of the molecule is Cc1cc(NCc2ccc(Cl)s2)cnc1Cl. The number of nitrogens with zero attached hydrogens (tertiary/aromatic N) is 1. The zero-order chi connectivity index (χ0) is 11.5. The molecule has 0 saturated heterocycles.